The van der Waals surface area contributed by atoms with Crippen molar-refractivity contribution < 1.29 is 0 Å². The molecule has 0 amide bonds. The molecule has 1 aliphatic rings. The minimum atomic E-state index is -0.0504. The molecule has 0 atom stereocenters. The largest absolute Gasteiger partial charge is 0.336 e. The average molecular weight is 398 g/mol. The molecular formula is C29H35N. The highest BCUT2D eigenvalue weighted by atomic mass is 15.2. The Morgan fingerprint density at radius 3 is 1.87 bits per heavy atom. The van der Waals surface area contributed by atoms with E-state index in [1.54, 1.807) is 0 Å². The van der Waals surface area contributed by atoms with Gasteiger partial charge in [-0.1, -0.05) is 77.1 Å². The summed E-state index contributed by atoms with van der Waals surface area (Å²) in [5, 5.41) is 0. The molecule has 30 heavy (non-hydrogen) atoms. The van der Waals surface area contributed by atoms with Crippen molar-refractivity contribution in [3.8, 4) is 11.1 Å². The van der Waals surface area contributed by atoms with Gasteiger partial charge in [0.15, 0.2) is 0 Å². The third-order valence-corrected chi connectivity index (χ3v) is 6.43. The highest BCUT2D eigenvalue weighted by Gasteiger charge is 2.38. The lowest BCUT2D eigenvalue weighted by Gasteiger charge is -2.41. The van der Waals surface area contributed by atoms with Crippen LogP contribution in [0.3, 0.4) is 0 Å². The summed E-state index contributed by atoms with van der Waals surface area (Å²) in [6, 6.07) is 24.7. The summed E-state index contributed by atoms with van der Waals surface area (Å²) >= 11 is 0. The van der Waals surface area contributed by atoms with Gasteiger partial charge in [0, 0.05) is 22.3 Å². The molecule has 0 bridgehead atoms. The van der Waals surface area contributed by atoms with E-state index in [1.807, 2.05) is 0 Å². The van der Waals surface area contributed by atoms with E-state index in [0.29, 0.717) is 0 Å². The van der Waals surface area contributed by atoms with Gasteiger partial charge in [-0.3, -0.25) is 0 Å². The third kappa shape index (κ3) is 3.25. The minimum absolute atomic E-state index is 0.00265. The van der Waals surface area contributed by atoms with Crippen molar-refractivity contribution in [2.45, 2.75) is 71.8 Å². The van der Waals surface area contributed by atoms with Crippen LogP contribution in [0.1, 0.15) is 72.1 Å². The zero-order valence-electron chi connectivity index (χ0n) is 19.8. The maximum Gasteiger partial charge on any atom is 0.0457 e. The first-order valence-corrected chi connectivity index (χ1v) is 11.1. The highest BCUT2D eigenvalue weighted by molar-refractivity contribution is 5.85. The molecule has 156 valence electrons. The quantitative estimate of drug-likeness (QED) is 0.421. The number of fused-ring (bicyclic) bond motifs is 3. The van der Waals surface area contributed by atoms with E-state index >= 15 is 0 Å². The first-order chi connectivity index (χ1) is 13.9. The Morgan fingerprint density at radius 1 is 0.667 bits per heavy atom. The smallest absolute Gasteiger partial charge is 0.0457 e. The molecule has 1 aliphatic carbocycles. The van der Waals surface area contributed by atoms with E-state index in [1.165, 1.54) is 39.2 Å². The molecule has 1 nitrogen and oxygen atoms in total. The Bertz CT molecular complexity index is 1080. The maximum atomic E-state index is 2.52. The second-order valence-corrected chi connectivity index (χ2v) is 11.2. The van der Waals surface area contributed by atoms with Gasteiger partial charge in [-0.15, -0.1) is 0 Å². The normalized spacial score (nSPS) is 14.9. The van der Waals surface area contributed by atoms with Crippen LogP contribution >= 0.6 is 0 Å². The minimum Gasteiger partial charge on any atom is -0.336 e. The molecule has 0 heterocycles. The number of hydrogen-bond acceptors (Lipinski definition) is 1. The van der Waals surface area contributed by atoms with Crippen molar-refractivity contribution >= 4 is 11.4 Å². The summed E-state index contributed by atoms with van der Waals surface area (Å²) in [4.78, 5) is 2.52. The van der Waals surface area contributed by atoms with Crippen LogP contribution in [-0.2, 0) is 10.8 Å². The second kappa shape index (κ2) is 6.74. The Hall–Kier alpha value is -2.54. The van der Waals surface area contributed by atoms with Gasteiger partial charge in [-0.2, -0.15) is 0 Å². The van der Waals surface area contributed by atoms with Gasteiger partial charge in [0.1, 0.15) is 0 Å². The first-order valence-electron chi connectivity index (χ1n) is 11.1. The SMILES string of the molecule is CC(C)(C)c1cc2c(cc1N(c1ccccc1)C(C)(C)C)C(C)(C)c1ccccc1-2. The molecule has 0 spiro atoms. The van der Waals surface area contributed by atoms with Crippen molar-refractivity contribution in [1.29, 1.82) is 0 Å². The molecule has 0 aliphatic heterocycles. The van der Waals surface area contributed by atoms with Crippen LogP contribution in [0.2, 0.25) is 0 Å². The number of para-hydroxylation sites is 1. The molecule has 1 heteroatoms. The lowest BCUT2D eigenvalue weighted by molar-refractivity contribution is 0.542. The van der Waals surface area contributed by atoms with Crippen LogP contribution in [0.4, 0.5) is 11.4 Å². The number of hydrogen-bond donors (Lipinski definition) is 0. The van der Waals surface area contributed by atoms with Gasteiger partial charge in [-0.05, 0) is 78.3 Å². The predicted molar refractivity (Wildman–Crippen MR) is 131 cm³/mol. The molecule has 0 fully saturated rings. The van der Waals surface area contributed by atoms with Gasteiger partial charge in [0.25, 0.3) is 0 Å². The van der Waals surface area contributed by atoms with Crippen molar-refractivity contribution in [3.05, 3.63) is 83.4 Å². The molecule has 0 aromatic heterocycles. The summed E-state index contributed by atoms with van der Waals surface area (Å²) in [5.41, 5.74) is 9.57. The number of nitrogens with zero attached hydrogens (tertiary/aromatic N) is 1. The fourth-order valence-electron chi connectivity index (χ4n) is 4.99. The van der Waals surface area contributed by atoms with Crippen LogP contribution in [-0.4, -0.2) is 5.54 Å². The zero-order chi connectivity index (χ0) is 21.9. The fraction of sp³-hybridized carbons (Fsp3) is 0.379. The topological polar surface area (TPSA) is 3.24 Å². The van der Waals surface area contributed by atoms with Crippen LogP contribution in [0, 0.1) is 0 Å². The predicted octanol–water partition coefficient (Wildman–Crippen LogP) is 8.23. The number of anilines is 2. The molecule has 0 radical (unpaired) electrons. The van der Waals surface area contributed by atoms with Crippen LogP contribution < -0.4 is 4.90 Å². The van der Waals surface area contributed by atoms with E-state index < -0.39 is 0 Å². The monoisotopic (exact) mass is 397 g/mol. The summed E-state index contributed by atoms with van der Waals surface area (Å²) in [6.45, 7) is 18.6. The van der Waals surface area contributed by atoms with Gasteiger partial charge >= 0.3 is 0 Å². The van der Waals surface area contributed by atoms with Crippen LogP contribution in [0.5, 0.6) is 0 Å². The lowest BCUT2D eigenvalue weighted by atomic mass is 9.78. The summed E-state index contributed by atoms with van der Waals surface area (Å²) < 4.78 is 0. The standard InChI is InChI=1S/C29H35N/c1-27(2,3)25-18-22-21-16-12-13-17-23(21)29(7,8)24(22)19-26(25)30(28(4,5)6)20-14-10-9-11-15-20/h9-19H,1-8H3. The number of rotatable bonds is 2. The van der Waals surface area contributed by atoms with E-state index in [9.17, 15) is 0 Å². The molecule has 3 aromatic carbocycles. The Morgan fingerprint density at radius 2 is 1.27 bits per heavy atom. The lowest BCUT2D eigenvalue weighted by Crippen LogP contribution is -2.39. The van der Waals surface area contributed by atoms with E-state index in [4.69, 9.17) is 0 Å². The summed E-state index contributed by atoms with van der Waals surface area (Å²) in [5.74, 6) is 0. The maximum absolute atomic E-state index is 2.52. The van der Waals surface area contributed by atoms with Gasteiger partial charge in [0.2, 0.25) is 0 Å². The highest BCUT2D eigenvalue weighted by Crippen LogP contribution is 2.52. The van der Waals surface area contributed by atoms with E-state index in [0.717, 1.165) is 0 Å². The molecule has 0 saturated heterocycles. The van der Waals surface area contributed by atoms with Crippen LogP contribution in [0.25, 0.3) is 11.1 Å². The van der Waals surface area contributed by atoms with Gasteiger partial charge in [0.05, 0.1) is 0 Å². The van der Waals surface area contributed by atoms with E-state index in [-0.39, 0.29) is 16.4 Å². The van der Waals surface area contributed by atoms with Gasteiger partial charge in [-0.25, -0.2) is 0 Å². The van der Waals surface area contributed by atoms with Crippen LogP contribution in [0.15, 0.2) is 66.7 Å². The molecule has 3 aromatic rings. The molecule has 0 unspecified atom stereocenters. The summed E-state index contributed by atoms with van der Waals surface area (Å²) in [6.07, 6.45) is 0. The Labute approximate surface area is 182 Å². The van der Waals surface area contributed by atoms with Gasteiger partial charge < -0.3 is 4.90 Å². The molecule has 0 saturated carbocycles. The zero-order valence-corrected chi connectivity index (χ0v) is 19.8. The first kappa shape index (κ1) is 20.7. The molecule has 4 rings (SSSR count). The van der Waals surface area contributed by atoms with Crippen molar-refractivity contribution in [2.24, 2.45) is 0 Å². The van der Waals surface area contributed by atoms with E-state index in [2.05, 4.69) is 127 Å². The van der Waals surface area contributed by atoms with Crippen molar-refractivity contribution in [2.75, 3.05) is 4.90 Å². The van der Waals surface area contributed by atoms with Crippen molar-refractivity contribution in [1.82, 2.24) is 0 Å². The summed E-state index contributed by atoms with van der Waals surface area (Å²) in [7, 11) is 0. The third-order valence-electron chi connectivity index (χ3n) is 6.43. The molecular weight excluding hydrogens is 362 g/mol. The Kier molecular flexibility index (Phi) is 4.65. The fourth-order valence-corrected chi connectivity index (χ4v) is 4.99. The number of benzene rings is 3. The molecule has 0 N–H and O–H groups in total. The average Bonchev–Trinajstić information content (AvgIpc) is 2.88. The Balaban J connectivity index is 2.06. The van der Waals surface area contributed by atoms with Crippen molar-refractivity contribution in [3.63, 3.8) is 0 Å². The second-order valence-electron chi connectivity index (χ2n) is 11.2.